The summed E-state index contributed by atoms with van der Waals surface area (Å²) in [6, 6.07) is 7.30. The maximum Gasteiger partial charge on any atom is 0.227 e. The predicted octanol–water partition coefficient (Wildman–Crippen LogP) is 4.44. The summed E-state index contributed by atoms with van der Waals surface area (Å²) < 4.78 is 0. The summed E-state index contributed by atoms with van der Waals surface area (Å²) in [7, 11) is 0. The molecule has 0 unspecified atom stereocenters. The fourth-order valence-electron chi connectivity index (χ4n) is 2.42. The molecule has 1 aromatic carbocycles. The second-order valence-electron chi connectivity index (χ2n) is 5.11. The van der Waals surface area contributed by atoms with E-state index in [1.807, 2.05) is 19.1 Å². The number of nitrogens with one attached hydrogen (secondary N) is 1. The van der Waals surface area contributed by atoms with Crippen molar-refractivity contribution in [2.24, 2.45) is 0 Å². The van der Waals surface area contributed by atoms with Gasteiger partial charge in [0.15, 0.2) is 0 Å². The topological polar surface area (TPSA) is 41.1 Å². The van der Waals surface area contributed by atoms with Crippen LogP contribution in [-0.4, -0.2) is 23.1 Å². The number of aromatic nitrogens is 2. The van der Waals surface area contributed by atoms with Crippen LogP contribution in [0.2, 0.25) is 10.0 Å². The van der Waals surface area contributed by atoms with Gasteiger partial charge in [0.25, 0.3) is 0 Å². The van der Waals surface area contributed by atoms with Crippen LogP contribution < -0.4 is 10.2 Å². The first kappa shape index (κ1) is 14.4. The highest BCUT2D eigenvalue weighted by molar-refractivity contribution is 6.39. The van der Waals surface area contributed by atoms with Gasteiger partial charge in [-0.05, 0) is 31.9 Å². The number of halogens is 2. The van der Waals surface area contributed by atoms with Crippen molar-refractivity contribution in [3.63, 3.8) is 0 Å². The van der Waals surface area contributed by atoms with E-state index < -0.39 is 0 Å². The third-order valence-electron chi connectivity index (χ3n) is 3.45. The molecule has 0 radical (unpaired) electrons. The number of para-hydroxylation sites is 1. The van der Waals surface area contributed by atoms with Gasteiger partial charge in [0.05, 0.1) is 15.7 Å². The average molecular weight is 323 g/mol. The molecule has 0 spiro atoms. The van der Waals surface area contributed by atoms with E-state index in [0.717, 1.165) is 24.7 Å². The van der Waals surface area contributed by atoms with Crippen molar-refractivity contribution >= 4 is 40.7 Å². The van der Waals surface area contributed by atoms with Crippen LogP contribution in [0.15, 0.2) is 24.3 Å². The zero-order valence-electron chi connectivity index (χ0n) is 11.7. The summed E-state index contributed by atoms with van der Waals surface area (Å²) in [5.74, 6) is 1.47. The molecule has 4 nitrogen and oxygen atoms in total. The molecule has 0 bridgehead atoms. The van der Waals surface area contributed by atoms with Gasteiger partial charge in [0.1, 0.15) is 5.82 Å². The van der Waals surface area contributed by atoms with Gasteiger partial charge in [-0.25, -0.2) is 4.98 Å². The SMILES string of the molecule is Cc1cc(Nc2c(Cl)cccc2Cl)nc(N2CCCC2)n1. The fraction of sp³-hybridized carbons (Fsp3) is 0.333. The van der Waals surface area contributed by atoms with Crippen molar-refractivity contribution in [3.05, 3.63) is 40.0 Å². The minimum absolute atomic E-state index is 0.571. The van der Waals surface area contributed by atoms with Crippen LogP contribution >= 0.6 is 23.2 Å². The molecular weight excluding hydrogens is 307 g/mol. The monoisotopic (exact) mass is 322 g/mol. The first-order valence-electron chi connectivity index (χ1n) is 6.95. The van der Waals surface area contributed by atoms with Gasteiger partial charge < -0.3 is 10.2 Å². The summed E-state index contributed by atoms with van der Waals surface area (Å²) in [5, 5.41) is 4.35. The molecule has 1 aromatic heterocycles. The van der Waals surface area contributed by atoms with E-state index in [4.69, 9.17) is 23.2 Å². The zero-order chi connectivity index (χ0) is 14.8. The molecule has 1 aliphatic rings. The number of anilines is 3. The van der Waals surface area contributed by atoms with Crippen molar-refractivity contribution in [3.8, 4) is 0 Å². The number of hydrogen-bond donors (Lipinski definition) is 1. The van der Waals surface area contributed by atoms with Crippen molar-refractivity contribution in [2.75, 3.05) is 23.3 Å². The summed E-state index contributed by atoms with van der Waals surface area (Å²) in [5.41, 5.74) is 1.59. The van der Waals surface area contributed by atoms with Crippen LogP contribution in [0.5, 0.6) is 0 Å². The zero-order valence-corrected chi connectivity index (χ0v) is 13.2. The summed E-state index contributed by atoms with van der Waals surface area (Å²) >= 11 is 12.4. The second kappa shape index (κ2) is 6.08. The lowest BCUT2D eigenvalue weighted by Crippen LogP contribution is -2.21. The summed E-state index contributed by atoms with van der Waals surface area (Å²) in [6.07, 6.45) is 2.38. The van der Waals surface area contributed by atoms with Crippen molar-refractivity contribution in [2.45, 2.75) is 19.8 Å². The second-order valence-corrected chi connectivity index (χ2v) is 5.92. The molecule has 1 aliphatic heterocycles. The Labute approximate surface area is 134 Å². The van der Waals surface area contributed by atoms with Gasteiger partial charge in [-0.1, -0.05) is 29.3 Å². The highest BCUT2D eigenvalue weighted by Gasteiger charge is 2.16. The van der Waals surface area contributed by atoms with Gasteiger partial charge >= 0.3 is 0 Å². The lowest BCUT2D eigenvalue weighted by atomic mass is 10.3. The number of hydrogen-bond acceptors (Lipinski definition) is 4. The highest BCUT2D eigenvalue weighted by Crippen LogP contribution is 2.32. The highest BCUT2D eigenvalue weighted by atomic mass is 35.5. The molecule has 2 heterocycles. The van der Waals surface area contributed by atoms with Gasteiger partial charge in [0, 0.05) is 24.8 Å². The fourth-order valence-corrected chi connectivity index (χ4v) is 2.91. The third kappa shape index (κ3) is 3.22. The Balaban J connectivity index is 1.91. The van der Waals surface area contributed by atoms with Crippen molar-refractivity contribution in [1.29, 1.82) is 0 Å². The number of aryl methyl sites for hydroxylation is 1. The van der Waals surface area contributed by atoms with Crippen molar-refractivity contribution in [1.82, 2.24) is 9.97 Å². The van der Waals surface area contributed by atoms with Crippen LogP contribution in [0.1, 0.15) is 18.5 Å². The Hall–Kier alpha value is -1.52. The molecule has 0 amide bonds. The van der Waals surface area contributed by atoms with Crippen LogP contribution in [0.25, 0.3) is 0 Å². The molecule has 2 aromatic rings. The lowest BCUT2D eigenvalue weighted by molar-refractivity contribution is 0.891. The molecular formula is C15H16Cl2N4. The minimum atomic E-state index is 0.571. The lowest BCUT2D eigenvalue weighted by Gasteiger charge is -2.17. The number of nitrogens with zero attached hydrogens (tertiary/aromatic N) is 3. The Bertz CT molecular complexity index is 634. The van der Waals surface area contributed by atoms with E-state index >= 15 is 0 Å². The van der Waals surface area contributed by atoms with E-state index in [0.29, 0.717) is 21.6 Å². The van der Waals surface area contributed by atoms with Crippen molar-refractivity contribution < 1.29 is 0 Å². The molecule has 21 heavy (non-hydrogen) atoms. The number of benzene rings is 1. The Morgan fingerprint density at radius 3 is 2.43 bits per heavy atom. The van der Waals surface area contributed by atoms with E-state index in [1.165, 1.54) is 12.8 Å². The van der Waals surface area contributed by atoms with E-state index in [9.17, 15) is 0 Å². The first-order chi connectivity index (χ1) is 10.1. The smallest absolute Gasteiger partial charge is 0.227 e. The van der Waals surface area contributed by atoms with Gasteiger partial charge in [-0.3, -0.25) is 0 Å². The Kier molecular flexibility index (Phi) is 4.17. The molecule has 3 rings (SSSR count). The maximum absolute atomic E-state index is 6.19. The average Bonchev–Trinajstić information content (AvgIpc) is 2.97. The summed E-state index contributed by atoms with van der Waals surface area (Å²) in [4.78, 5) is 11.3. The van der Waals surface area contributed by atoms with E-state index in [2.05, 4.69) is 20.2 Å². The molecule has 110 valence electrons. The van der Waals surface area contributed by atoms with Gasteiger partial charge in [-0.2, -0.15) is 4.98 Å². The number of rotatable bonds is 3. The molecule has 1 saturated heterocycles. The standard InChI is InChI=1S/C15H16Cl2N4/c1-10-9-13(19-14-11(16)5-4-6-12(14)17)20-15(18-10)21-7-2-3-8-21/h4-6,9H,2-3,7-8H2,1H3,(H,18,19,20). The van der Waals surface area contributed by atoms with E-state index in [1.54, 1.807) is 12.1 Å². The van der Waals surface area contributed by atoms with Crippen LogP contribution in [0, 0.1) is 6.92 Å². The normalized spacial score (nSPS) is 14.5. The summed E-state index contributed by atoms with van der Waals surface area (Å²) in [6.45, 7) is 3.98. The third-order valence-corrected chi connectivity index (χ3v) is 4.08. The molecule has 1 N–H and O–H groups in total. The predicted molar refractivity (Wildman–Crippen MR) is 88.0 cm³/mol. The maximum atomic E-state index is 6.19. The van der Waals surface area contributed by atoms with Crippen LogP contribution in [-0.2, 0) is 0 Å². The molecule has 0 aliphatic carbocycles. The quantitative estimate of drug-likeness (QED) is 0.907. The van der Waals surface area contributed by atoms with Gasteiger partial charge in [-0.15, -0.1) is 0 Å². The Morgan fingerprint density at radius 1 is 1.10 bits per heavy atom. The molecule has 0 saturated carbocycles. The van der Waals surface area contributed by atoms with Gasteiger partial charge in [0.2, 0.25) is 5.95 Å². The van der Waals surface area contributed by atoms with Crippen LogP contribution in [0.3, 0.4) is 0 Å². The van der Waals surface area contributed by atoms with E-state index in [-0.39, 0.29) is 0 Å². The molecule has 6 heteroatoms. The van der Waals surface area contributed by atoms with Crippen LogP contribution in [0.4, 0.5) is 17.5 Å². The largest absolute Gasteiger partial charge is 0.341 e. The first-order valence-corrected chi connectivity index (χ1v) is 7.71. The Morgan fingerprint density at radius 2 is 1.76 bits per heavy atom. The minimum Gasteiger partial charge on any atom is -0.341 e. The molecule has 1 fully saturated rings. The molecule has 0 atom stereocenters.